The molecular weight excluding hydrogens is 352 g/mol. The first kappa shape index (κ1) is 16.2. The van der Waals surface area contributed by atoms with Crippen LogP contribution in [0.25, 0.3) is 16.0 Å². The molecule has 0 aliphatic rings. The number of hydrogen-bond acceptors (Lipinski definition) is 6. The van der Waals surface area contributed by atoms with Crippen LogP contribution < -0.4 is 10.6 Å². The fraction of sp³-hybridized carbons (Fsp3) is 0.118. The van der Waals surface area contributed by atoms with Gasteiger partial charge < -0.3 is 10.7 Å². The minimum atomic E-state index is -0.624. The molecule has 0 fully saturated rings. The molecule has 3 N–H and O–H groups in total. The van der Waals surface area contributed by atoms with Gasteiger partial charge in [-0.1, -0.05) is 24.3 Å². The molecule has 0 saturated heterocycles. The van der Waals surface area contributed by atoms with Gasteiger partial charge in [0.05, 0.1) is 15.9 Å². The topological polar surface area (TPSA) is 120 Å². The molecule has 0 aliphatic heterocycles. The van der Waals surface area contributed by atoms with Gasteiger partial charge in [-0.05, 0) is 35.9 Å². The van der Waals surface area contributed by atoms with E-state index >= 15 is 0 Å². The van der Waals surface area contributed by atoms with E-state index in [0.717, 1.165) is 21.5 Å². The van der Waals surface area contributed by atoms with Crippen molar-refractivity contribution in [2.24, 2.45) is 5.73 Å². The van der Waals surface area contributed by atoms with Gasteiger partial charge >= 0.3 is 4.87 Å². The third kappa shape index (κ3) is 2.88. The summed E-state index contributed by atoms with van der Waals surface area (Å²) in [5.74, 6) is -0.0928. The van der Waals surface area contributed by atoms with Crippen molar-refractivity contribution in [1.82, 2.24) is 25.0 Å². The van der Waals surface area contributed by atoms with Gasteiger partial charge in [0.25, 0.3) is 5.91 Å². The van der Waals surface area contributed by atoms with Crippen molar-refractivity contribution in [3.05, 3.63) is 69.2 Å². The van der Waals surface area contributed by atoms with E-state index in [4.69, 9.17) is 5.73 Å². The maximum Gasteiger partial charge on any atom is 0.305 e. The van der Waals surface area contributed by atoms with Crippen LogP contribution in [0.4, 0.5) is 0 Å². The molecule has 9 heteroatoms. The standard InChI is InChI=1S/C17H14N6O2S/c1-9(10-2-3-12-14(8-10)26-17(25)19-12)11-6-7-23(22-11)15-5-4-13(16(18)24)20-21-15/h2-9H,1H3,(H2,18,24)(H,19,25). The summed E-state index contributed by atoms with van der Waals surface area (Å²) in [4.78, 5) is 25.3. The van der Waals surface area contributed by atoms with E-state index in [9.17, 15) is 9.59 Å². The number of hydrogen-bond donors (Lipinski definition) is 2. The maximum absolute atomic E-state index is 11.5. The lowest BCUT2D eigenvalue weighted by Gasteiger charge is -2.09. The number of thiazole rings is 1. The summed E-state index contributed by atoms with van der Waals surface area (Å²) in [5, 5.41) is 12.3. The molecule has 26 heavy (non-hydrogen) atoms. The summed E-state index contributed by atoms with van der Waals surface area (Å²) in [6, 6.07) is 10.9. The number of rotatable bonds is 4. The number of nitrogens with one attached hydrogen (secondary N) is 1. The summed E-state index contributed by atoms with van der Waals surface area (Å²) in [7, 11) is 0. The molecule has 0 spiro atoms. The Morgan fingerprint density at radius 1 is 1.23 bits per heavy atom. The lowest BCUT2D eigenvalue weighted by Crippen LogP contribution is -2.14. The van der Waals surface area contributed by atoms with Crippen molar-refractivity contribution >= 4 is 27.5 Å². The first-order valence-electron chi connectivity index (χ1n) is 7.83. The number of nitrogens with zero attached hydrogens (tertiary/aromatic N) is 4. The van der Waals surface area contributed by atoms with Crippen molar-refractivity contribution < 1.29 is 4.79 Å². The van der Waals surface area contributed by atoms with Gasteiger partial charge in [-0.15, -0.1) is 10.2 Å². The second-order valence-electron chi connectivity index (χ2n) is 5.82. The Balaban J connectivity index is 1.63. The highest BCUT2D eigenvalue weighted by atomic mass is 32.1. The van der Waals surface area contributed by atoms with Crippen LogP contribution in [0.3, 0.4) is 0 Å². The van der Waals surface area contributed by atoms with E-state index in [1.807, 2.05) is 31.2 Å². The van der Waals surface area contributed by atoms with Gasteiger partial charge in [-0.25, -0.2) is 4.68 Å². The van der Waals surface area contributed by atoms with Gasteiger partial charge in [0.2, 0.25) is 0 Å². The fourth-order valence-corrected chi connectivity index (χ4v) is 3.46. The number of aromatic amines is 1. The molecule has 0 bridgehead atoms. The first-order valence-corrected chi connectivity index (χ1v) is 8.65. The molecule has 0 saturated carbocycles. The molecule has 4 aromatic rings. The van der Waals surface area contributed by atoms with Crippen LogP contribution in [0.5, 0.6) is 0 Å². The van der Waals surface area contributed by atoms with Crippen molar-refractivity contribution in [1.29, 1.82) is 0 Å². The zero-order chi connectivity index (χ0) is 18.3. The number of amides is 1. The van der Waals surface area contributed by atoms with Gasteiger partial charge in [-0.3, -0.25) is 9.59 Å². The number of aromatic nitrogens is 5. The summed E-state index contributed by atoms with van der Waals surface area (Å²) < 4.78 is 2.52. The number of primary amides is 1. The first-order chi connectivity index (χ1) is 12.5. The predicted molar refractivity (Wildman–Crippen MR) is 97.6 cm³/mol. The van der Waals surface area contributed by atoms with Crippen molar-refractivity contribution in [3.63, 3.8) is 0 Å². The average molecular weight is 366 g/mol. The smallest absolute Gasteiger partial charge is 0.305 e. The Bertz CT molecular complexity index is 1160. The monoisotopic (exact) mass is 366 g/mol. The van der Waals surface area contributed by atoms with Crippen LogP contribution in [0, 0.1) is 0 Å². The number of carbonyl (C=O) groups is 1. The lowest BCUT2D eigenvalue weighted by molar-refractivity contribution is 0.0994. The van der Waals surface area contributed by atoms with E-state index < -0.39 is 5.91 Å². The second-order valence-corrected chi connectivity index (χ2v) is 6.83. The Labute approximate surface area is 151 Å². The molecule has 1 unspecified atom stereocenters. The minimum absolute atomic E-state index is 0.0377. The predicted octanol–water partition coefficient (Wildman–Crippen LogP) is 1.82. The van der Waals surface area contributed by atoms with Crippen LogP contribution >= 0.6 is 11.3 Å². The Morgan fingerprint density at radius 3 is 2.81 bits per heavy atom. The van der Waals surface area contributed by atoms with Gasteiger partial charge in [0.1, 0.15) is 0 Å². The molecule has 4 rings (SSSR count). The Hall–Kier alpha value is -3.33. The molecule has 1 atom stereocenters. The minimum Gasteiger partial charge on any atom is -0.364 e. The highest BCUT2D eigenvalue weighted by Gasteiger charge is 2.14. The highest BCUT2D eigenvalue weighted by Crippen LogP contribution is 2.26. The summed E-state index contributed by atoms with van der Waals surface area (Å²) in [5.41, 5.74) is 8.03. The summed E-state index contributed by atoms with van der Waals surface area (Å²) in [6.07, 6.45) is 1.78. The number of fused-ring (bicyclic) bond motifs is 1. The zero-order valence-electron chi connectivity index (χ0n) is 13.7. The van der Waals surface area contributed by atoms with Crippen molar-refractivity contribution in [2.45, 2.75) is 12.8 Å². The molecule has 3 aromatic heterocycles. The SMILES string of the molecule is CC(c1ccc2[nH]c(=O)sc2c1)c1ccn(-c2ccc(C(N)=O)nn2)n1. The Morgan fingerprint density at radius 2 is 2.08 bits per heavy atom. The zero-order valence-corrected chi connectivity index (χ0v) is 14.5. The highest BCUT2D eigenvalue weighted by molar-refractivity contribution is 7.16. The van der Waals surface area contributed by atoms with Crippen molar-refractivity contribution in [3.8, 4) is 5.82 Å². The molecule has 1 aromatic carbocycles. The van der Waals surface area contributed by atoms with Crippen molar-refractivity contribution in [2.75, 3.05) is 0 Å². The number of nitrogens with two attached hydrogens (primary N) is 1. The molecule has 0 aliphatic carbocycles. The molecule has 8 nitrogen and oxygen atoms in total. The maximum atomic E-state index is 11.5. The van der Waals surface area contributed by atoms with Gasteiger partial charge in [-0.2, -0.15) is 5.10 Å². The van der Waals surface area contributed by atoms with Crippen LogP contribution in [0.15, 0.2) is 47.4 Å². The molecular formula is C17H14N6O2S. The van der Waals surface area contributed by atoms with E-state index in [1.165, 1.54) is 17.4 Å². The number of carbonyl (C=O) groups excluding carboxylic acids is 1. The number of benzene rings is 1. The van der Waals surface area contributed by atoms with Crippen LogP contribution in [-0.4, -0.2) is 30.9 Å². The third-order valence-electron chi connectivity index (χ3n) is 4.14. The molecule has 0 radical (unpaired) electrons. The van der Waals surface area contributed by atoms with Gasteiger partial charge in [0, 0.05) is 12.1 Å². The van der Waals surface area contributed by atoms with E-state index in [2.05, 4.69) is 20.3 Å². The van der Waals surface area contributed by atoms with Crippen LogP contribution in [-0.2, 0) is 0 Å². The van der Waals surface area contributed by atoms with Crippen LogP contribution in [0.1, 0.15) is 34.6 Å². The normalized spacial score (nSPS) is 12.3. The lowest BCUT2D eigenvalue weighted by atomic mass is 9.98. The average Bonchev–Trinajstić information content (AvgIpc) is 3.26. The third-order valence-corrected chi connectivity index (χ3v) is 4.98. The summed E-state index contributed by atoms with van der Waals surface area (Å²) >= 11 is 1.19. The molecule has 3 heterocycles. The number of H-pyrrole nitrogens is 1. The van der Waals surface area contributed by atoms with E-state index in [0.29, 0.717) is 5.82 Å². The quantitative estimate of drug-likeness (QED) is 0.571. The van der Waals surface area contributed by atoms with Crippen LogP contribution in [0.2, 0.25) is 0 Å². The molecule has 1 amide bonds. The molecule has 130 valence electrons. The Kier molecular flexibility index (Phi) is 3.85. The fourth-order valence-electron chi connectivity index (χ4n) is 2.68. The van der Waals surface area contributed by atoms with E-state index in [-0.39, 0.29) is 16.5 Å². The largest absolute Gasteiger partial charge is 0.364 e. The van der Waals surface area contributed by atoms with Gasteiger partial charge in [0.15, 0.2) is 11.5 Å². The summed E-state index contributed by atoms with van der Waals surface area (Å²) in [6.45, 7) is 2.05. The van der Waals surface area contributed by atoms with E-state index in [1.54, 1.807) is 16.9 Å². The second kappa shape index (κ2) is 6.19.